The maximum atomic E-state index is 10.8. The van der Waals surface area contributed by atoms with E-state index in [1.165, 1.54) is 7.11 Å². The van der Waals surface area contributed by atoms with Crippen molar-refractivity contribution in [3.63, 3.8) is 0 Å². The highest BCUT2D eigenvalue weighted by molar-refractivity contribution is 6.40. The Morgan fingerprint density at radius 1 is 1.82 bits per heavy atom. The maximum absolute atomic E-state index is 10.8. The number of nitrogens with one attached hydrogen (secondary N) is 1. The fraction of sp³-hybridized carbons (Fsp3) is 0.714. The van der Waals surface area contributed by atoms with Crippen molar-refractivity contribution in [3.05, 3.63) is 0 Å². The van der Waals surface area contributed by atoms with Gasteiger partial charge in [-0.1, -0.05) is 6.92 Å². The van der Waals surface area contributed by atoms with E-state index in [1.807, 2.05) is 6.92 Å². The van der Waals surface area contributed by atoms with Crippen molar-refractivity contribution in [2.75, 3.05) is 13.7 Å². The summed E-state index contributed by atoms with van der Waals surface area (Å²) >= 11 is 0. The lowest BCUT2D eigenvalue weighted by atomic mass is 9.98. The van der Waals surface area contributed by atoms with Crippen LogP contribution in [0.4, 0.5) is 0 Å². The predicted octanol–water partition coefficient (Wildman–Crippen LogP) is 0.358. The Labute approximate surface area is 65.0 Å². The first-order valence-corrected chi connectivity index (χ1v) is 3.47. The molecule has 62 valence electrons. The molecule has 0 bridgehead atoms. The molecule has 1 rings (SSSR count). The van der Waals surface area contributed by atoms with Crippen LogP contribution in [-0.4, -0.2) is 31.0 Å². The van der Waals surface area contributed by atoms with Crippen molar-refractivity contribution < 1.29 is 14.3 Å². The Balaban J connectivity index is 2.86. The standard InChI is InChI=1S/C7H11NO3/c1-3-7(10-2)4-11-6(9)5(7)8/h8H,3-4H2,1-2H3. The van der Waals surface area contributed by atoms with Gasteiger partial charge in [0.2, 0.25) is 0 Å². The quantitative estimate of drug-likeness (QED) is 0.588. The molecule has 0 saturated carbocycles. The van der Waals surface area contributed by atoms with Crippen LogP contribution in [-0.2, 0) is 14.3 Å². The molecule has 0 amide bonds. The van der Waals surface area contributed by atoms with E-state index < -0.39 is 11.6 Å². The van der Waals surface area contributed by atoms with E-state index in [1.54, 1.807) is 0 Å². The molecule has 1 fully saturated rings. The largest absolute Gasteiger partial charge is 0.458 e. The molecule has 1 saturated heterocycles. The van der Waals surface area contributed by atoms with Gasteiger partial charge in [-0.05, 0) is 6.42 Å². The highest BCUT2D eigenvalue weighted by atomic mass is 16.6. The molecule has 0 aromatic carbocycles. The van der Waals surface area contributed by atoms with E-state index in [0.717, 1.165) is 0 Å². The Morgan fingerprint density at radius 2 is 2.45 bits per heavy atom. The van der Waals surface area contributed by atoms with E-state index in [4.69, 9.17) is 10.1 Å². The number of carbonyl (C=O) groups is 1. The van der Waals surface area contributed by atoms with Gasteiger partial charge in [-0.25, -0.2) is 4.79 Å². The van der Waals surface area contributed by atoms with Crippen LogP contribution >= 0.6 is 0 Å². The SMILES string of the molecule is CCC1(OC)COC(=O)C1=N. The number of hydrogen-bond acceptors (Lipinski definition) is 4. The molecular formula is C7H11NO3. The number of hydrogen-bond donors (Lipinski definition) is 1. The first kappa shape index (κ1) is 8.20. The Bertz CT molecular complexity index is 196. The van der Waals surface area contributed by atoms with Crippen LogP contribution in [0.25, 0.3) is 0 Å². The number of cyclic esters (lactones) is 1. The monoisotopic (exact) mass is 157 g/mol. The summed E-state index contributed by atoms with van der Waals surface area (Å²) in [6.45, 7) is 2.04. The predicted molar refractivity (Wildman–Crippen MR) is 38.7 cm³/mol. The molecule has 4 heteroatoms. The summed E-state index contributed by atoms with van der Waals surface area (Å²) in [5, 5.41) is 7.36. The molecule has 1 N–H and O–H groups in total. The lowest BCUT2D eigenvalue weighted by Crippen LogP contribution is -2.39. The molecule has 0 radical (unpaired) electrons. The zero-order valence-electron chi connectivity index (χ0n) is 6.64. The second kappa shape index (κ2) is 2.62. The van der Waals surface area contributed by atoms with Gasteiger partial charge in [-0.15, -0.1) is 0 Å². The van der Waals surface area contributed by atoms with Gasteiger partial charge in [0.1, 0.15) is 12.2 Å². The minimum Gasteiger partial charge on any atom is -0.458 e. The van der Waals surface area contributed by atoms with Crippen LogP contribution in [0.2, 0.25) is 0 Å². The fourth-order valence-corrected chi connectivity index (χ4v) is 1.10. The number of rotatable bonds is 2. The summed E-state index contributed by atoms with van der Waals surface area (Å²) in [6, 6.07) is 0. The minimum atomic E-state index is -0.781. The van der Waals surface area contributed by atoms with Gasteiger partial charge in [-0.2, -0.15) is 0 Å². The van der Waals surface area contributed by atoms with Crippen LogP contribution in [0.5, 0.6) is 0 Å². The molecule has 0 spiro atoms. The lowest BCUT2D eigenvalue weighted by Gasteiger charge is -2.21. The first-order chi connectivity index (χ1) is 5.16. The topological polar surface area (TPSA) is 59.4 Å². The van der Waals surface area contributed by atoms with Crippen LogP contribution in [0, 0.1) is 5.41 Å². The zero-order chi connectivity index (χ0) is 8.48. The van der Waals surface area contributed by atoms with Crippen molar-refractivity contribution >= 4 is 11.7 Å². The molecule has 1 heterocycles. The summed E-state index contributed by atoms with van der Waals surface area (Å²) in [6.07, 6.45) is 0.591. The molecule has 4 nitrogen and oxygen atoms in total. The molecule has 11 heavy (non-hydrogen) atoms. The number of carbonyl (C=O) groups excluding carboxylic acids is 1. The van der Waals surface area contributed by atoms with Crippen molar-refractivity contribution in [2.45, 2.75) is 18.9 Å². The Hall–Kier alpha value is -0.900. The van der Waals surface area contributed by atoms with E-state index in [2.05, 4.69) is 4.74 Å². The van der Waals surface area contributed by atoms with Crippen molar-refractivity contribution in [2.24, 2.45) is 0 Å². The smallest absolute Gasteiger partial charge is 0.355 e. The molecule has 1 aliphatic heterocycles. The van der Waals surface area contributed by atoms with Crippen molar-refractivity contribution in [3.8, 4) is 0 Å². The van der Waals surface area contributed by atoms with Gasteiger partial charge in [0, 0.05) is 7.11 Å². The van der Waals surface area contributed by atoms with Crippen LogP contribution in [0.15, 0.2) is 0 Å². The Morgan fingerprint density at radius 3 is 2.64 bits per heavy atom. The molecule has 0 aliphatic carbocycles. The van der Waals surface area contributed by atoms with Gasteiger partial charge in [0.25, 0.3) is 0 Å². The summed E-state index contributed by atoms with van der Waals surface area (Å²) in [7, 11) is 1.49. The maximum Gasteiger partial charge on any atom is 0.355 e. The average molecular weight is 157 g/mol. The minimum absolute atomic E-state index is 0.0671. The van der Waals surface area contributed by atoms with E-state index >= 15 is 0 Å². The summed E-state index contributed by atoms with van der Waals surface area (Å²) < 4.78 is 9.73. The highest BCUT2D eigenvalue weighted by Gasteiger charge is 2.45. The molecule has 1 atom stereocenters. The molecule has 0 aromatic heterocycles. The van der Waals surface area contributed by atoms with Gasteiger partial charge in [0.05, 0.1) is 0 Å². The molecule has 1 unspecified atom stereocenters. The summed E-state index contributed by atoms with van der Waals surface area (Å²) in [5.74, 6) is -0.561. The van der Waals surface area contributed by atoms with Crippen LogP contribution < -0.4 is 0 Å². The van der Waals surface area contributed by atoms with Gasteiger partial charge >= 0.3 is 5.97 Å². The van der Waals surface area contributed by atoms with Gasteiger partial charge in [0.15, 0.2) is 5.71 Å². The third kappa shape index (κ3) is 1.03. The second-order valence-electron chi connectivity index (χ2n) is 2.50. The lowest BCUT2D eigenvalue weighted by molar-refractivity contribution is -0.134. The Kier molecular flexibility index (Phi) is 1.95. The van der Waals surface area contributed by atoms with E-state index in [0.29, 0.717) is 6.42 Å². The highest BCUT2D eigenvalue weighted by Crippen LogP contribution is 2.23. The fourth-order valence-electron chi connectivity index (χ4n) is 1.10. The zero-order valence-corrected chi connectivity index (χ0v) is 6.64. The third-order valence-corrected chi connectivity index (χ3v) is 2.06. The number of esters is 1. The summed E-state index contributed by atoms with van der Waals surface area (Å²) in [4.78, 5) is 10.8. The number of ether oxygens (including phenoxy) is 2. The van der Waals surface area contributed by atoms with Crippen LogP contribution in [0.3, 0.4) is 0 Å². The molecule has 1 aliphatic rings. The van der Waals surface area contributed by atoms with Gasteiger partial charge < -0.3 is 9.47 Å². The van der Waals surface area contributed by atoms with Crippen molar-refractivity contribution in [1.29, 1.82) is 5.41 Å². The van der Waals surface area contributed by atoms with Crippen molar-refractivity contribution in [1.82, 2.24) is 0 Å². The third-order valence-electron chi connectivity index (χ3n) is 2.06. The van der Waals surface area contributed by atoms with Crippen LogP contribution in [0.1, 0.15) is 13.3 Å². The number of methoxy groups -OCH3 is 1. The molecular weight excluding hydrogens is 146 g/mol. The summed E-state index contributed by atoms with van der Waals surface area (Å²) in [5.41, 5.74) is -0.848. The first-order valence-electron chi connectivity index (χ1n) is 3.47. The van der Waals surface area contributed by atoms with E-state index in [9.17, 15) is 4.79 Å². The van der Waals surface area contributed by atoms with Gasteiger partial charge in [-0.3, -0.25) is 5.41 Å². The average Bonchev–Trinajstić information content (AvgIpc) is 2.32. The second-order valence-corrected chi connectivity index (χ2v) is 2.50. The normalized spacial score (nSPS) is 30.7. The van der Waals surface area contributed by atoms with E-state index in [-0.39, 0.29) is 12.3 Å². The molecule has 0 aromatic rings.